The topological polar surface area (TPSA) is 37.3 Å². The summed E-state index contributed by atoms with van der Waals surface area (Å²) >= 11 is 7.32. The molecule has 0 saturated heterocycles. The van der Waals surface area contributed by atoms with E-state index < -0.39 is 5.97 Å². The second kappa shape index (κ2) is 5.94. The molecule has 2 nitrogen and oxygen atoms in total. The molecule has 0 unspecified atom stereocenters. The zero-order valence-corrected chi connectivity index (χ0v) is 11.0. The van der Waals surface area contributed by atoms with Crippen LogP contribution < -0.4 is 0 Å². The SMILES string of the molecule is O=C(O)c1ccc(Sc2ccc(CCl)cc2)cc1. The Morgan fingerprint density at radius 3 is 1.94 bits per heavy atom. The van der Waals surface area contributed by atoms with E-state index in [9.17, 15) is 4.79 Å². The number of aromatic carboxylic acids is 1. The first kappa shape index (κ1) is 13.0. The van der Waals surface area contributed by atoms with Crippen molar-refractivity contribution in [3.8, 4) is 0 Å². The fourth-order valence-electron chi connectivity index (χ4n) is 1.45. The van der Waals surface area contributed by atoms with Crippen LogP contribution in [-0.2, 0) is 5.88 Å². The smallest absolute Gasteiger partial charge is 0.335 e. The molecule has 2 aromatic rings. The molecule has 0 aliphatic carbocycles. The lowest BCUT2D eigenvalue weighted by molar-refractivity contribution is 0.0697. The van der Waals surface area contributed by atoms with Gasteiger partial charge in [-0.2, -0.15) is 0 Å². The van der Waals surface area contributed by atoms with Gasteiger partial charge < -0.3 is 5.11 Å². The number of benzene rings is 2. The molecule has 0 bridgehead atoms. The summed E-state index contributed by atoms with van der Waals surface area (Å²) in [6.45, 7) is 0. The molecule has 92 valence electrons. The molecule has 0 amide bonds. The second-order valence-electron chi connectivity index (χ2n) is 3.71. The standard InChI is InChI=1S/C14H11ClO2S/c15-9-10-1-5-12(6-2-10)18-13-7-3-11(4-8-13)14(16)17/h1-8H,9H2,(H,16,17). The maximum Gasteiger partial charge on any atom is 0.335 e. The predicted molar refractivity (Wildman–Crippen MR) is 73.5 cm³/mol. The van der Waals surface area contributed by atoms with Crippen LogP contribution in [0, 0.1) is 0 Å². The molecule has 18 heavy (non-hydrogen) atoms. The van der Waals surface area contributed by atoms with Gasteiger partial charge in [0, 0.05) is 15.7 Å². The summed E-state index contributed by atoms with van der Waals surface area (Å²) in [6.07, 6.45) is 0. The lowest BCUT2D eigenvalue weighted by Gasteiger charge is -2.03. The van der Waals surface area contributed by atoms with Crippen molar-refractivity contribution in [2.24, 2.45) is 0 Å². The fourth-order valence-corrected chi connectivity index (χ4v) is 2.44. The normalized spacial score (nSPS) is 10.3. The Balaban J connectivity index is 2.10. The summed E-state index contributed by atoms with van der Waals surface area (Å²) in [5.41, 5.74) is 1.39. The molecule has 0 atom stereocenters. The quantitative estimate of drug-likeness (QED) is 0.849. The maximum atomic E-state index is 10.7. The zero-order chi connectivity index (χ0) is 13.0. The van der Waals surface area contributed by atoms with Gasteiger partial charge in [0.1, 0.15) is 0 Å². The summed E-state index contributed by atoms with van der Waals surface area (Å²) < 4.78 is 0. The Labute approximate surface area is 115 Å². The van der Waals surface area contributed by atoms with Crippen LogP contribution in [0.3, 0.4) is 0 Å². The van der Waals surface area contributed by atoms with E-state index in [0.717, 1.165) is 15.4 Å². The van der Waals surface area contributed by atoms with E-state index in [1.165, 1.54) is 0 Å². The zero-order valence-electron chi connectivity index (χ0n) is 9.47. The Morgan fingerprint density at radius 2 is 1.50 bits per heavy atom. The van der Waals surface area contributed by atoms with Gasteiger partial charge in [0.2, 0.25) is 0 Å². The first-order valence-electron chi connectivity index (χ1n) is 5.35. The maximum absolute atomic E-state index is 10.7. The van der Waals surface area contributed by atoms with Crippen LogP contribution in [0.25, 0.3) is 0 Å². The molecule has 0 radical (unpaired) electrons. The van der Waals surface area contributed by atoms with E-state index in [1.807, 2.05) is 36.4 Å². The molecular weight excluding hydrogens is 268 g/mol. The van der Waals surface area contributed by atoms with E-state index >= 15 is 0 Å². The van der Waals surface area contributed by atoms with Gasteiger partial charge in [-0.25, -0.2) is 4.79 Å². The van der Waals surface area contributed by atoms with Crippen LogP contribution in [0.15, 0.2) is 58.3 Å². The first-order chi connectivity index (χ1) is 8.69. The molecule has 0 saturated carbocycles. The average molecular weight is 279 g/mol. The van der Waals surface area contributed by atoms with Crippen molar-refractivity contribution in [1.29, 1.82) is 0 Å². The summed E-state index contributed by atoms with van der Waals surface area (Å²) in [5.74, 6) is -0.392. The molecule has 1 N–H and O–H groups in total. The van der Waals surface area contributed by atoms with Crippen LogP contribution >= 0.6 is 23.4 Å². The van der Waals surface area contributed by atoms with Gasteiger partial charge in [0.05, 0.1) is 5.56 Å². The van der Waals surface area contributed by atoms with Crippen LogP contribution in [0.4, 0.5) is 0 Å². The number of rotatable bonds is 4. The van der Waals surface area contributed by atoms with E-state index in [-0.39, 0.29) is 0 Å². The van der Waals surface area contributed by atoms with Gasteiger partial charge in [-0.05, 0) is 42.0 Å². The Morgan fingerprint density at radius 1 is 1.00 bits per heavy atom. The van der Waals surface area contributed by atoms with Crippen LogP contribution in [0.2, 0.25) is 0 Å². The molecule has 0 aliphatic heterocycles. The van der Waals surface area contributed by atoms with E-state index in [2.05, 4.69) is 0 Å². The molecule has 0 aliphatic rings. The fraction of sp³-hybridized carbons (Fsp3) is 0.0714. The summed E-state index contributed by atoms with van der Waals surface area (Å²) in [5, 5.41) is 8.80. The van der Waals surface area contributed by atoms with Crippen molar-refractivity contribution in [2.75, 3.05) is 0 Å². The summed E-state index contributed by atoms with van der Waals surface area (Å²) in [4.78, 5) is 12.8. The highest BCUT2D eigenvalue weighted by Crippen LogP contribution is 2.28. The Bertz CT molecular complexity index is 535. The van der Waals surface area contributed by atoms with Crippen LogP contribution in [-0.4, -0.2) is 11.1 Å². The minimum atomic E-state index is -0.905. The van der Waals surface area contributed by atoms with Gasteiger partial charge in [0.15, 0.2) is 0 Å². The van der Waals surface area contributed by atoms with Crippen molar-refractivity contribution in [3.05, 3.63) is 59.7 Å². The third-order valence-corrected chi connectivity index (χ3v) is 3.74. The number of halogens is 1. The number of carbonyl (C=O) groups is 1. The van der Waals surface area contributed by atoms with Crippen molar-refractivity contribution >= 4 is 29.3 Å². The number of carboxylic acid groups (broad SMARTS) is 1. The highest BCUT2D eigenvalue weighted by Gasteiger charge is 2.02. The molecule has 0 spiro atoms. The predicted octanol–water partition coefficient (Wildman–Crippen LogP) is 4.27. The number of hydrogen-bond donors (Lipinski definition) is 1. The Kier molecular flexibility index (Phi) is 4.28. The van der Waals surface area contributed by atoms with Gasteiger partial charge in [-0.1, -0.05) is 23.9 Å². The van der Waals surface area contributed by atoms with Gasteiger partial charge in [-0.3, -0.25) is 0 Å². The third-order valence-electron chi connectivity index (χ3n) is 2.41. The highest BCUT2D eigenvalue weighted by molar-refractivity contribution is 7.99. The van der Waals surface area contributed by atoms with Crippen molar-refractivity contribution < 1.29 is 9.90 Å². The van der Waals surface area contributed by atoms with Gasteiger partial charge in [0.25, 0.3) is 0 Å². The van der Waals surface area contributed by atoms with Gasteiger partial charge >= 0.3 is 5.97 Å². The molecular formula is C14H11ClO2S. The van der Waals surface area contributed by atoms with Gasteiger partial charge in [-0.15, -0.1) is 11.6 Å². The molecule has 2 rings (SSSR count). The monoisotopic (exact) mass is 278 g/mol. The molecule has 2 aromatic carbocycles. The number of alkyl halides is 1. The van der Waals surface area contributed by atoms with E-state index in [1.54, 1.807) is 23.9 Å². The molecule has 0 fully saturated rings. The lowest BCUT2D eigenvalue weighted by atomic mass is 10.2. The van der Waals surface area contributed by atoms with Crippen LogP contribution in [0.5, 0.6) is 0 Å². The molecule has 4 heteroatoms. The summed E-state index contributed by atoms with van der Waals surface area (Å²) in [6, 6.07) is 14.8. The third kappa shape index (κ3) is 3.28. The molecule has 0 heterocycles. The average Bonchev–Trinajstić information content (AvgIpc) is 2.40. The minimum absolute atomic E-state index is 0.303. The van der Waals surface area contributed by atoms with E-state index in [4.69, 9.17) is 16.7 Å². The first-order valence-corrected chi connectivity index (χ1v) is 6.70. The largest absolute Gasteiger partial charge is 0.478 e. The van der Waals surface area contributed by atoms with Crippen molar-refractivity contribution in [2.45, 2.75) is 15.7 Å². The number of hydrogen-bond acceptors (Lipinski definition) is 2. The van der Waals surface area contributed by atoms with Crippen LogP contribution in [0.1, 0.15) is 15.9 Å². The van der Waals surface area contributed by atoms with Crippen molar-refractivity contribution in [3.63, 3.8) is 0 Å². The lowest BCUT2D eigenvalue weighted by Crippen LogP contribution is -1.94. The van der Waals surface area contributed by atoms with E-state index in [0.29, 0.717) is 11.4 Å². The minimum Gasteiger partial charge on any atom is -0.478 e. The Hall–Kier alpha value is -1.45. The second-order valence-corrected chi connectivity index (χ2v) is 5.12. The summed E-state index contributed by atoms with van der Waals surface area (Å²) in [7, 11) is 0. The van der Waals surface area contributed by atoms with Crippen molar-refractivity contribution in [1.82, 2.24) is 0 Å². The highest BCUT2D eigenvalue weighted by atomic mass is 35.5. The number of carboxylic acids is 1. The molecule has 0 aromatic heterocycles.